The molecular formula is C112H64O2. The van der Waals surface area contributed by atoms with Gasteiger partial charge in [-0.2, -0.15) is 0 Å². The van der Waals surface area contributed by atoms with E-state index in [1.165, 1.54) is 10.8 Å². The summed E-state index contributed by atoms with van der Waals surface area (Å²) in [5.41, 5.74) is 10.1. The lowest BCUT2D eigenvalue weighted by Crippen LogP contribution is -1.91. The molecule has 2 aromatic heterocycles. The van der Waals surface area contributed by atoms with E-state index in [2.05, 4.69) is 255 Å². The minimum absolute atomic E-state index is 0.0551. The highest BCUT2D eigenvalue weighted by Gasteiger charge is 2.25. The summed E-state index contributed by atoms with van der Waals surface area (Å²) in [6, 6.07) is 99.3. The van der Waals surface area contributed by atoms with E-state index >= 15 is 0 Å². The van der Waals surface area contributed by atoms with Crippen LogP contribution in [0, 0.1) is 0 Å². The Hall–Kier alpha value is -15.0. The molecule has 0 saturated heterocycles. The van der Waals surface area contributed by atoms with E-state index in [9.17, 15) is 8.22 Å². The second kappa shape index (κ2) is 24.3. The normalized spacial score (nSPS) is 13.9. The van der Waals surface area contributed by atoms with Gasteiger partial charge in [0.1, 0.15) is 22.3 Å². The number of fused-ring (bicyclic) bond motifs is 6. The molecule has 0 saturated carbocycles. The van der Waals surface area contributed by atoms with Crippen LogP contribution in [0.5, 0.6) is 0 Å². The first-order chi connectivity index (χ1) is 62.3. The molecule has 0 aliphatic carbocycles. The SMILES string of the molecule is [2H]c1c(-c2ccc3ccc4cccc5ccc2c3c45)c([2H])c(-c2ccc(-c3ccccc3)c3oc4ccccc4c23)c([2H])c1-c1ccc2ccc3cccc4ccc1c2c34.[2H]c1c([2H])c([2H])c(-c2c([2H])c([2H])c(-c3cc(-c4ccc5ccc6cccc7ccc4c5c67)cc(-c4ccc5ccc6cccc7ccc4c5c67)c3)c3c2oc2c([2H])c([2H])c([2H])c([2H])c23)c([2H])c1[2H]. The van der Waals surface area contributed by atoms with Crippen molar-refractivity contribution in [3.05, 3.63) is 388 Å². The standard InChI is InChI=1S/2C56H32O/c2*1-2-8-33(9-3-1)46-29-28-45(55-49-14-4-5-15-50(49)57-56(46)55)42-31-40(43-24-20-38-18-16-34-10-6-12-36-22-26-47(43)53(38)51(34)36)30-41(32-42)44-25-21-39-19-17-35-11-7-13-37-23-27-48(44)54(39)52(35)37/h2*1-32H/i1D,2D,3D,4D,5D,8D,9D,14D,15D,28D,29D;30D,31D,32D. The molecule has 24 aromatic carbocycles. The minimum atomic E-state index is -0.650. The van der Waals surface area contributed by atoms with Gasteiger partial charge in [0.05, 0.1) is 19.2 Å². The van der Waals surface area contributed by atoms with Crippen molar-refractivity contribution >= 4 is 173 Å². The molecule has 0 atom stereocenters. The third-order valence-electron chi connectivity index (χ3n) is 24.0. The fourth-order valence-corrected chi connectivity index (χ4v) is 19.0. The molecular weight excluding hydrogens is 1380 g/mol. The summed E-state index contributed by atoms with van der Waals surface area (Å²) in [4.78, 5) is 0. The smallest absolute Gasteiger partial charge is 0.143 e. The van der Waals surface area contributed by atoms with Crippen molar-refractivity contribution in [3.63, 3.8) is 0 Å². The highest BCUT2D eigenvalue weighted by molar-refractivity contribution is 6.31. The summed E-state index contributed by atoms with van der Waals surface area (Å²) < 4.78 is 143. The predicted octanol–water partition coefficient (Wildman–Crippen LogP) is 32.1. The number of hydrogen-bond acceptors (Lipinski definition) is 2. The average molecular weight is 1460 g/mol. The van der Waals surface area contributed by atoms with Gasteiger partial charge in [-0.1, -0.05) is 327 Å². The van der Waals surface area contributed by atoms with Gasteiger partial charge in [-0.25, -0.2) is 0 Å². The summed E-state index contributed by atoms with van der Waals surface area (Å²) in [5, 5.41) is 28.3. The molecule has 0 bridgehead atoms. The third-order valence-corrected chi connectivity index (χ3v) is 24.0. The molecule has 2 heterocycles. The summed E-state index contributed by atoms with van der Waals surface area (Å²) in [7, 11) is 0. The number of para-hydroxylation sites is 2. The summed E-state index contributed by atoms with van der Waals surface area (Å²) in [6.07, 6.45) is 0. The van der Waals surface area contributed by atoms with Crippen LogP contribution in [-0.4, -0.2) is 0 Å². The van der Waals surface area contributed by atoms with Gasteiger partial charge in [-0.15, -0.1) is 0 Å². The zero-order valence-corrected chi connectivity index (χ0v) is 60.7. The second-order valence-electron chi connectivity index (χ2n) is 30.0. The molecule has 0 radical (unpaired) electrons. The van der Waals surface area contributed by atoms with Crippen LogP contribution in [0.2, 0.25) is 0 Å². The van der Waals surface area contributed by atoms with Crippen LogP contribution in [0.25, 0.3) is 262 Å². The first-order valence-corrected chi connectivity index (χ1v) is 38.4. The maximum Gasteiger partial charge on any atom is 0.143 e. The zero-order valence-electron chi connectivity index (χ0n) is 74.7. The molecule has 26 rings (SSSR count). The van der Waals surface area contributed by atoms with Crippen molar-refractivity contribution in [2.75, 3.05) is 0 Å². The highest BCUT2D eigenvalue weighted by Crippen LogP contribution is 2.51. The van der Waals surface area contributed by atoms with Crippen LogP contribution in [0.3, 0.4) is 0 Å². The van der Waals surface area contributed by atoms with E-state index in [4.69, 9.17) is 19.8 Å². The Bertz CT molecular complexity index is 8960. The van der Waals surface area contributed by atoms with Crippen LogP contribution in [0.4, 0.5) is 0 Å². The Morgan fingerprint density at radius 2 is 0.500 bits per heavy atom. The van der Waals surface area contributed by atoms with E-state index < -0.39 is 60.4 Å². The summed E-state index contributed by atoms with van der Waals surface area (Å²) in [6.45, 7) is 0. The molecule has 0 spiro atoms. The first kappa shape index (κ1) is 50.7. The maximum atomic E-state index is 10.3. The number of hydrogen-bond donors (Lipinski definition) is 0. The molecule has 0 unspecified atom stereocenters. The molecule has 26 aromatic rings. The Morgan fingerprint density at radius 1 is 0.167 bits per heavy atom. The lowest BCUT2D eigenvalue weighted by molar-refractivity contribution is 0.669. The quantitative estimate of drug-likeness (QED) is 0.142. The molecule has 524 valence electrons. The van der Waals surface area contributed by atoms with Gasteiger partial charge in [0.25, 0.3) is 0 Å². The zero-order chi connectivity index (χ0) is 86.6. The van der Waals surface area contributed by atoms with Gasteiger partial charge in [0, 0.05) is 32.7 Å². The molecule has 0 aliphatic rings. The Balaban J connectivity index is 0.000000140. The molecule has 2 nitrogen and oxygen atoms in total. The highest BCUT2D eigenvalue weighted by atomic mass is 16.3. The second-order valence-corrected chi connectivity index (χ2v) is 30.0. The number of furan rings is 2. The van der Waals surface area contributed by atoms with Crippen LogP contribution in [0.15, 0.2) is 397 Å². The van der Waals surface area contributed by atoms with Crippen molar-refractivity contribution in [1.82, 2.24) is 0 Å². The van der Waals surface area contributed by atoms with Gasteiger partial charge >= 0.3 is 0 Å². The van der Waals surface area contributed by atoms with Gasteiger partial charge < -0.3 is 8.83 Å². The molecule has 0 N–H and O–H groups in total. The van der Waals surface area contributed by atoms with Crippen molar-refractivity contribution in [1.29, 1.82) is 0 Å². The van der Waals surface area contributed by atoms with E-state index in [0.717, 1.165) is 185 Å². The number of rotatable bonds is 8. The number of benzene rings is 24. The Morgan fingerprint density at radius 3 is 0.974 bits per heavy atom. The fourth-order valence-electron chi connectivity index (χ4n) is 19.0. The van der Waals surface area contributed by atoms with Crippen molar-refractivity contribution in [2.24, 2.45) is 0 Å². The Labute approximate surface area is 674 Å². The van der Waals surface area contributed by atoms with E-state index in [0.29, 0.717) is 27.8 Å². The molecule has 2 heteroatoms. The maximum absolute atomic E-state index is 10.3. The average Bonchev–Trinajstić information content (AvgIpc) is 1.52. The minimum Gasteiger partial charge on any atom is -0.455 e. The van der Waals surface area contributed by atoms with Crippen LogP contribution >= 0.6 is 0 Å². The van der Waals surface area contributed by atoms with Crippen LogP contribution in [-0.2, 0) is 0 Å². The predicted molar refractivity (Wildman–Crippen MR) is 486 cm³/mol. The van der Waals surface area contributed by atoms with Gasteiger partial charge in [-0.05, 0) is 268 Å². The van der Waals surface area contributed by atoms with E-state index in [1.54, 1.807) is 0 Å². The summed E-state index contributed by atoms with van der Waals surface area (Å²) in [5.74, 6) is 0. The van der Waals surface area contributed by atoms with E-state index in [-0.39, 0.29) is 62.8 Å². The third kappa shape index (κ3) is 9.37. The molecule has 0 aliphatic heterocycles. The van der Waals surface area contributed by atoms with E-state index in [1.807, 2.05) is 48.5 Å². The molecule has 114 heavy (non-hydrogen) atoms. The summed E-state index contributed by atoms with van der Waals surface area (Å²) >= 11 is 0. The van der Waals surface area contributed by atoms with Crippen molar-refractivity contribution < 1.29 is 28.0 Å². The lowest BCUT2D eigenvalue weighted by atomic mass is 9.85. The largest absolute Gasteiger partial charge is 0.455 e. The lowest BCUT2D eigenvalue weighted by Gasteiger charge is -2.18. The van der Waals surface area contributed by atoms with Crippen LogP contribution in [0.1, 0.15) is 19.2 Å². The van der Waals surface area contributed by atoms with Crippen molar-refractivity contribution in [3.8, 4) is 89.0 Å². The molecule has 0 fully saturated rings. The molecule has 0 amide bonds. The van der Waals surface area contributed by atoms with Gasteiger partial charge in [0.2, 0.25) is 0 Å². The monoisotopic (exact) mass is 1450 g/mol. The Kier molecular flexibility index (Phi) is 10.8. The first-order valence-electron chi connectivity index (χ1n) is 45.4. The van der Waals surface area contributed by atoms with Gasteiger partial charge in [0.15, 0.2) is 0 Å². The van der Waals surface area contributed by atoms with Gasteiger partial charge in [-0.3, -0.25) is 0 Å². The van der Waals surface area contributed by atoms with Crippen molar-refractivity contribution in [2.45, 2.75) is 0 Å². The topological polar surface area (TPSA) is 26.3 Å². The van der Waals surface area contributed by atoms with Crippen LogP contribution < -0.4 is 0 Å². The fraction of sp³-hybridized carbons (Fsp3) is 0.